The van der Waals surface area contributed by atoms with Crippen LogP contribution in [0.3, 0.4) is 0 Å². The Kier molecular flexibility index (Phi) is 6.43. The molecule has 0 amide bonds. The number of carbonyl (C=O) groups is 2. The van der Waals surface area contributed by atoms with Crippen LogP contribution in [-0.4, -0.2) is 39.0 Å². The van der Waals surface area contributed by atoms with Gasteiger partial charge < -0.3 is 9.47 Å². The topological polar surface area (TPSA) is 52.6 Å². The van der Waals surface area contributed by atoms with Gasteiger partial charge in [-0.15, -0.1) is 0 Å². The summed E-state index contributed by atoms with van der Waals surface area (Å²) in [5.41, 5.74) is -4.25. The van der Waals surface area contributed by atoms with Crippen molar-refractivity contribution >= 4 is 11.9 Å². The van der Waals surface area contributed by atoms with Crippen LogP contribution < -0.4 is 0 Å². The van der Waals surface area contributed by atoms with Gasteiger partial charge in [0, 0.05) is 12.8 Å². The molecule has 0 spiro atoms. The molecule has 8 heteroatoms. The summed E-state index contributed by atoms with van der Waals surface area (Å²) in [6.07, 6.45) is -8.11. The lowest BCUT2D eigenvalue weighted by molar-refractivity contribution is -0.182. The summed E-state index contributed by atoms with van der Waals surface area (Å²) >= 11 is 0. The number of esters is 2. The van der Waals surface area contributed by atoms with E-state index in [0.29, 0.717) is 0 Å². The smallest absolute Gasteiger partial charge is 0.312 e. The number of halogens is 4. The van der Waals surface area contributed by atoms with E-state index in [1.54, 1.807) is 0 Å². The highest BCUT2D eigenvalue weighted by atomic mass is 19.3. The van der Waals surface area contributed by atoms with Gasteiger partial charge in [-0.1, -0.05) is 0 Å². The third-order valence-electron chi connectivity index (χ3n) is 3.61. The third kappa shape index (κ3) is 3.61. The van der Waals surface area contributed by atoms with Crippen molar-refractivity contribution in [2.24, 2.45) is 10.8 Å². The molecule has 0 aliphatic carbocycles. The standard InChI is InChI=1S/C12H18F4O4/c1-11(5-7(13)14,9(17)19-3)12(2,6-8(15)16)10(18)20-4/h7-8H,5-6H2,1-4H3. The second kappa shape index (κ2) is 6.90. The van der Waals surface area contributed by atoms with Crippen molar-refractivity contribution in [3.63, 3.8) is 0 Å². The molecule has 0 aromatic heterocycles. The molecule has 0 aromatic carbocycles. The maximum atomic E-state index is 12.7. The van der Waals surface area contributed by atoms with E-state index in [1.807, 2.05) is 0 Å². The Labute approximate surface area is 114 Å². The second-order valence-electron chi connectivity index (χ2n) is 4.84. The molecule has 0 heterocycles. The highest BCUT2D eigenvalue weighted by Crippen LogP contribution is 2.49. The number of ether oxygens (including phenoxy) is 2. The highest BCUT2D eigenvalue weighted by molar-refractivity contribution is 5.88. The van der Waals surface area contributed by atoms with Crippen LogP contribution in [-0.2, 0) is 19.1 Å². The first-order valence-corrected chi connectivity index (χ1v) is 5.78. The van der Waals surface area contributed by atoms with E-state index in [2.05, 4.69) is 9.47 Å². The average molecular weight is 302 g/mol. The Morgan fingerprint density at radius 3 is 1.25 bits per heavy atom. The van der Waals surface area contributed by atoms with Crippen LogP contribution in [0.4, 0.5) is 17.6 Å². The number of alkyl halides is 4. The minimum Gasteiger partial charge on any atom is -0.469 e. The lowest BCUT2D eigenvalue weighted by Gasteiger charge is -2.41. The molecule has 2 atom stereocenters. The predicted octanol–water partition coefficient (Wildman–Crippen LogP) is 2.66. The van der Waals surface area contributed by atoms with Crippen LogP contribution >= 0.6 is 0 Å². The summed E-state index contributed by atoms with van der Waals surface area (Å²) in [7, 11) is 1.87. The summed E-state index contributed by atoms with van der Waals surface area (Å²) in [4.78, 5) is 23.6. The van der Waals surface area contributed by atoms with Crippen molar-refractivity contribution in [3.05, 3.63) is 0 Å². The Hall–Kier alpha value is -1.34. The summed E-state index contributed by atoms with van der Waals surface area (Å²) in [5, 5.41) is 0. The first-order valence-electron chi connectivity index (χ1n) is 5.78. The van der Waals surface area contributed by atoms with Gasteiger partial charge in [0.25, 0.3) is 0 Å². The van der Waals surface area contributed by atoms with E-state index in [-0.39, 0.29) is 0 Å². The second-order valence-corrected chi connectivity index (χ2v) is 4.84. The number of methoxy groups -OCH3 is 2. The predicted molar refractivity (Wildman–Crippen MR) is 61.5 cm³/mol. The number of hydrogen-bond donors (Lipinski definition) is 0. The molecule has 2 unspecified atom stereocenters. The van der Waals surface area contributed by atoms with Crippen LogP contribution in [0.5, 0.6) is 0 Å². The molecule has 0 rings (SSSR count). The van der Waals surface area contributed by atoms with E-state index in [1.165, 1.54) is 0 Å². The lowest BCUT2D eigenvalue weighted by atomic mass is 9.61. The molecule has 0 fully saturated rings. The molecule has 0 bridgehead atoms. The van der Waals surface area contributed by atoms with E-state index < -0.39 is 48.5 Å². The molecule has 0 saturated heterocycles. The number of carbonyl (C=O) groups excluding carboxylic acids is 2. The van der Waals surface area contributed by atoms with Gasteiger partial charge in [-0.05, 0) is 13.8 Å². The van der Waals surface area contributed by atoms with Crippen molar-refractivity contribution in [2.75, 3.05) is 14.2 Å². The zero-order chi connectivity index (χ0) is 16.1. The van der Waals surface area contributed by atoms with E-state index in [9.17, 15) is 27.2 Å². The molecule has 118 valence electrons. The quantitative estimate of drug-likeness (QED) is 0.536. The van der Waals surface area contributed by atoms with Gasteiger partial charge in [0.15, 0.2) is 0 Å². The molecule has 0 aliphatic rings. The van der Waals surface area contributed by atoms with Gasteiger partial charge in [0.2, 0.25) is 12.9 Å². The molecular formula is C12H18F4O4. The van der Waals surface area contributed by atoms with E-state index in [4.69, 9.17) is 0 Å². The van der Waals surface area contributed by atoms with Gasteiger partial charge in [-0.2, -0.15) is 0 Å². The maximum Gasteiger partial charge on any atom is 0.312 e. The lowest BCUT2D eigenvalue weighted by Crippen LogP contribution is -2.52. The fourth-order valence-electron chi connectivity index (χ4n) is 2.14. The van der Waals surface area contributed by atoms with Crippen molar-refractivity contribution in [1.29, 1.82) is 0 Å². The number of hydrogen-bond acceptors (Lipinski definition) is 4. The van der Waals surface area contributed by atoms with Crippen LogP contribution in [0.25, 0.3) is 0 Å². The fourth-order valence-corrected chi connectivity index (χ4v) is 2.14. The van der Waals surface area contributed by atoms with Crippen LogP contribution in [0.2, 0.25) is 0 Å². The van der Waals surface area contributed by atoms with Crippen molar-refractivity contribution in [2.45, 2.75) is 39.5 Å². The molecule has 0 N–H and O–H groups in total. The zero-order valence-electron chi connectivity index (χ0n) is 11.7. The van der Waals surface area contributed by atoms with Gasteiger partial charge in [0.1, 0.15) is 0 Å². The molecule has 0 saturated carbocycles. The molecular weight excluding hydrogens is 284 g/mol. The van der Waals surface area contributed by atoms with Crippen molar-refractivity contribution in [3.8, 4) is 0 Å². The largest absolute Gasteiger partial charge is 0.469 e. The SMILES string of the molecule is COC(=O)C(C)(CC(F)F)C(C)(CC(F)F)C(=O)OC. The average Bonchev–Trinajstić information content (AvgIpc) is 2.34. The molecule has 0 radical (unpaired) electrons. The van der Waals surface area contributed by atoms with Gasteiger partial charge >= 0.3 is 11.9 Å². The normalized spacial score (nSPS) is 17.5. The molecule has 0 aromatic rings. The molecule has 20 heavy (non-hydrogen) atoms. The number of rotatable bonds is 7. The highest BCUT2D eigenvalue weighted by Gasteiger charge is 2.58. The van der Waals surface area contributed by atoms with Gasteiger partial charge in [-0.25, -0.2) is 17.6 Å². The molecule has 4 nitrogen and oxygen atoms in total. The Balaban J connectivity index is 5.86. The first kappa shape index (κ1) is 18.7. The monoisotopic (exact) mass is 302 g/mol. The third-order valence-corrected chi connectivity index (χ3v) is 3.61. The van der Waals surface area contributed by atoms with Gasteiger partial charge in [0.05, 0.1) is 25.0 Å². The molecule has 0 aliphatic heterocycles. The summed E-state index contributed by atoms with van der Waals surface area (Å²) in [5.74, 6) is -2.32. The minimum atomic E-state index is -2.97. The summed E-state index contributed by atoms with van der Waals surface area (Å²) in [6.45, 7) is 2.01. The minimum absolute atomic E-state index is 0.937. The Morgan fingerprint density at radius 2 is 1.10 bits per heavy atom. The van der Waals surface area contributed by atoms with E-state index >= 15 is 0 Å². The van der Waals surface area contributed by atoms with Crippen LogP contribution in [0, 0.1) is 10.8 Å². The van der Waals surface area contributed by atoms with Crippen LogP contribution in [0.15, 0.2) is 0 Å². The van der Waals surface area contributed by atoms with E-state index in [0.717, 1.165) is 28.1 Å². The Morgan fingerprint density at radius 1 is 0.850 bits per heavy atom. The summed E-state index contributed by atoms with van der Waals surface area (Å²) < 4.78 is 59.7. The first-order chi connectivity index (χ1) is 9.05. The van der Waals surface area contributed by atoms with Crippen molar-refractivity contribution in [1.82, 2.24) is 0 Å². The zero-order valence-corrected chi connectivity index (χ0v) is 11.7. The summed E-state index contributed by atoms with van der Waals surface area (Å²) in [6, 6.07) is 0. The van der Waals surface area contributed by atoms with Gasteiger partial charge in [-0.3, -0.25) is 9.59 Å². The Bertz CT molecular complexity index is 327. The van der Waals surface area contributed by atoms with Crippen LogP contribution in [0.1, 0.15) is 26.7 Å². The van der Waals surface area contributed by atoms with Crippen molar-refractivity contribution < 1.29 is 36.6 Å². The fraction of sp³-hybridized carbons (Fsp3) is 0.833. The maximum absolute atomic E-state index is 12.7.